The molecule has 1 fully saturated rings. The highest BCUT2D eigenvalue weighted by Gasteiger charge is 2.21. The van der Waals surface area contributed by atoms with Crippen LogP contribution < -0.4 is 10.2 Å². The SMILES string of the molecule is O=C1NCCn2nc(-c3ccnc(-c4ccccc4N4CCCCC4)n3)cc21. The van der Waals surface area contributed by atoms with E-state index in [4.69, 9.17) is 4.98 Å². The lowest BCUT2D eigenvalue weighted by atomic mass is 10.1. The first-order valence-corrected chi connectivity index (χ1v) is 9.83. The summed E-state index contributed by atoms with van der Waals surface area (Å²) in [5.74, 6) is 0.601. The Morgan fingerprint density at radius 2 is 1.82 bits per heavy atom. The third kappa shape index (κ3) is 3.02. The van der Waals surface area contributed by atoms with Crippen molar-refractivity contribution < 1.29 is 4.79 Å². The fourth-order valence-electron chi connectivity index (χ4n) is 3.97. The molecule has 1 N–H and O–H groups in total. The van der Waals surface area contributed by atoms with Crippen molar-refractivity contribution in [3.8, 4) is 22.8 Å². The van der Waals surface area contributed by atoms with Gasteiger partial charge in [-0.2, -0.15) is 5.10 Å². The Hall–Kier alpha value is -3.22. The number of fused-ring (bicyclic) bond motifs is 1. The molecule has 4 heterocycles. The van der Waals surface area contributed by atoms with E-state index in [1.54, 1.807) is 16.9 Å². The highest BCUT2D eigenvalue weighted by atomic mass is 16.2. The lowest BCUT2D eigenvalue weighted by molar-refractivity contribution is 0.0924. The highest BCUT2D eigenvalue weighted by Crippen LogP contribution is 2.31. The molecule has 2 aromatic heterocycles. The molecular weight excluding hydrogens is 352 g/mol. The fourth-order valence-corrected chi connectivity index (χ4v) is 3.97. The average Bonchev–Trinajstić information content (AvgIpc) is 3.20. The first-order valence-electron chi connectivity index (χ1n) is 9.83. The van der Waals surface area contributed by atoms with Crippen LogP contribution in [-0.4, -0.2) is 45.3 Å². The number of carbonyl (C=O) groups excluding carboxylic acids is 1. The van der Waals surface area contributed by atoms with E-state index in [2.05, 4.69) is 38.5 Å². The molecule has 2 aliphatic rings. The molecule has 142 valence electrons. The molecule has 7 nitrogen and oxygen atoms in total. The number of benzene rings is 1. The van der Waals surface area contributed by atoms with Gasteiger partial charge < -0.3 is 10.2 Å². The van der Waals surface area contributed by atoms with E-state index >= 15 is 0 Å². The summed E-state index contributed by atoms with van der Waals surface area (Å²) in [4.78, 5) is 23.8. The molecule has 0 radical (unpaired) electrons. The largest absolute Gasteiger partial charge is 0.371 e. The molecule has 1 saturated heterocycles. The molecule has 0 spiro atoms. The van der Waals surface area contributed by atoms with Gasteiger partial charge in [-0.1, -0.05) is 12.1 Å². The fraction of sp³-hybridized carbons (Fsp3) is 0.333. The van der Waals surface area contributed by atoms with Gasteiger partial charge in [-0.25, -0.2) is 9.97 Å². The number of aromatic nitrogens is 4. The second kappa shape index (κ2) is 7.07. The summed E-state index contributed by atoms with van der Waals surface area (Å²) in [7, 11) is 0. The van der Waals surface area contributed by atoms with Gasteiger partial charge in [0.25, 0.3) is 5.91 Å². The van der Waals surface area contributed by atoms with E-state index in [9.17, 15) is 4.79 Å². The number of piperidine rings is 1. The number of hydrogen-bond acceptors (Lipinski definition) is 5. The molecule has 0 atom stereocenters. The number of anilines is 1. The summed E-state index contributed by atoms with van der Waals surface area (Å²) in [6, 6.07) is 12.0. The van der Waals surface area contributed by atoms with Gasteiger partial charge in [0, 0.05) is 37.1 Å². The maximum atomic E-state index is 12.0. The minimum atomic E-state index is -0.0882. The van der Waals surface area contributed by atoms with Crippen LogP contribution in [0.5, 0.6) is 0 Å². The molecular formula is C21H22N6O. The topological polar surface area (TPSA) is 75.9 Å². The van der Waals surface area contributed by atoms with Crippen LogP contribution in [0.2, 0.25) is 0 Å². The van der Waals surface area contributed by atoms with E-state index in [1.165, 1.54) is 24.9 Å². The second-order valence-electron chi connectivity index (χ2n) is 7.22. The van der Waals surface area contributed by atoms with Gasteiger partial charge in [-0.05, 0) is 43.5 Å². The van der Waals surface area contributed by atoms with Crippen molar-refractivity contribution >= 4 is 11.6 Å². The van der Waals surface area contributed by atoms with Crippen molar-refractivity contribution in [2.45, 2.75) is 25.8 Å². The monoisotopic (exact) mass is 374 g/mol. The lowest BCUT2D eigenvalue weighted by Gasteiger charge is -2.30. The molecule has 0 aliphatic carbocycles. The minimum Gasteiger partial charge on any atom is -0.371 e. The quantitative estimate of drug-likeness (QED) is 0.763. The van der Waals surface area contributed by atoms with Crippen LogP contribution >= 0.6 is 0 Å². The van der Waals surface area contributed by atoms with Crippen molar-refractivity contribution in [1.82, 2.24) is 25.1 Å². The van der Waals surface area contributed by atoms with Gasteiger partial charge in [0.05, 0.1) is 12.2 Å². The zero-order valence-electron chi connectivity index (χ0n) is 15.6. The van der Waals surface area contributed by atoms with Crippen LogP contribution in [0.1, 0.15) is 29.8 Å². The van der Waals surface area contributed by atoms with Crippen LogP contribution in [0.15, 0.2) is 42.6 Å². The Morgan fingerprint density at radius 3 is 2.68 bits per heavy atom. The van der Waals surface area contributed by atoms with Crippen LogP contribution in [-0.2, 0) is 6.54 Å². The van der Waals surface area contributed by atoms with Crippen LogP contribution in [0, 0.1) is 0 Å². The Labute approximate surface area is 163 Å². The summed E-state index contributed by atoms with van der Waals surface area (Å²) >= 11 is 0. The summed E-state index contributed by atoms with van der Waals surface area (Å²) in [6.07, 6.45) is 5.50. The van der Waals surface area contributed by atoms with E-state index in [-0.39, 0.29) is 5.91 Å². The number of rotatable bonds is 3. The number of hydrogen-bond donors (Lipinski definition) is 1. The van der Waals surface area contributed by atoms with E-state index in [0.717, 1.165) is 24.3 Å². The van der Waals surface area contributed by atoms with Crippen molar-refractivity contribution in [2.24, 2.45) is 0 Å². The van der Waals surface area contributed by atoms with Gasteiger partial charge in [0.15, 0.2) is 5.82 Å². The third-order valence-electron chi connectivity index (χ3n) is 5.38. The first kappa shape index (κ1) is 16.9. The van der Waals surface area contributed by atoms with Crippen molar-refractivity contribution in [3.63, 3.8) is 0 Å². The maximum Gasteiger partial charge on any atom is 0.269 e. The number of para-hydroxylation sites is 1. The molecule has 3 aromatic rings. The highest BCUT2D eigenvalue weighted by molar-refractivity contribution is 5.94. The van der Waals surface area contributed by atoms with Gasteiger partial charge >= 0.3 is 0 Å². The summed E-state index contributed by atoms with van der Waals surface area (Å²) < 4.78 is 1.75. The number of nitrogens with zero attached hydrogens (tertiary/aromatic N) is 5. The summed E-state index contributed by atoms with van der Waals surface area (Å²) in [5, 5.41) is 7.42. The van der Waals surface area contributed by atoms with Gasteiger partial charge in [-0.3, -0.25) is 9.48 Å². The van der Waals surface area contributed by atoms with Crippen LogP contribution in [0.3, 0.4) is 0 Å². The third-order valence-corrected chi connectivity index (χ3v) is 5.38. The molecule has 5 rings (SSSR count). The second-order valence-corrected chi connectivity index (χ2v) is 7.22. The number of amides is 1. The van der Waals surface area contributed by atoms with Crippen LogP contribution in [0.4, 0.5) is 5.69 Å². The summed E-state index contributed by atoms with van der Waals surface area (Å²) in [6.45, 7) is 3.42. The predicted octanol–water partition coefficient (Wildman–Crippen LogP) is 2.74. The lowest BCUT2D eigenvalue weighted by Crippen LogP contribution is -2.35. The smallest absolute Gasteiger partial charge is 0.269 e. The average molecular weight is 374 g/mol. The zero-order valence-corrected chi connectivity index (χ0v) is 15.6. The van der Waals surface area contributed by atoms with Crippen molar-refractivity contribution in [1.29, 1.82) is 0 Å². The number of carbonyl (C=O) groups is 1. The molecule has 2 aliphatic heterocycles. The zero-order chi connectivity index (χ0) is 18.9. The van der Waals surface area contributed by atoms with Gasteiger partial charge in [0.2, 0.25) is 0 Å². The Morgan fingerprint density at radius 1 is 0.964 bits per heavy atom. The number of nitrogens with one attached hydrogen (secondary N) is 1. The van der Waals surface area contributed by atoms with E-state index in [0.29, 0.717) is 30.3 Å². The Kier molecular flexibility index (Phi) is 4.27. The maximum absolute atomic E-state index is 12.0. The minimum absolute atomic E-state index is 0.0882. The van der Waals surface area contributed by atoms with Crippen LogP contribution in [0.25, 0.3) is 22.8 Å². The molecule has 0 saturated carbocycles. The van der Waals surface area contributed by atoms with E-state index < -0.39 is 0 Å². The van der Waals surface area contributed by atoms with Gasteiger partial charge in [-0.15, -0.1) is 0 Å². The predicted molar refractivity (Wildman–Crippen MR) is 107 cm³/mol. The van der Waals surface area contributed by atoms with Crippen molar-refractivity contribution in [3.05, 3.63) is 48.3 Å². The molecule has 0 unspecified atom stereocenters. The molecule has 1 aromatic carbocycles. The van der Waals surface area contributed by atoms with E-state index in [1.807, 2.05) is 12.1 Å². The standard InChI is InChI=1S/C21H22N6O/c28-21-19-14-17(25-27(19)13-10-23-21)16-8-9-22-20(24-16)15-6-2-3-7-18(15)26-11-4-1-5-12-26/h2-3,6-9,14H,1,4-5,10-13H2,(H,23,28). The van der Waals surface area contributed by atoms with Gasteiger partial charge in [0.1, 0.15) is 11.4 Å². The summed E-state index contributed by atoms with van der Waals surface area (Å²) in [5.41, 5.74) is 4.23. The molecule has 0 bridgehead atoms. The Bertz CT molecular complexity index is 1020. The molecule has 28 heavy (non-hydrogen) atoms. The molecule has 7 heteroatoms. The first-order chi connectivity index (χ1) is 13.8. The normalized spacial score (nSPS) is 16.6. The molecule has 1 amide bonds. The van der Waals surface area contributed by atoms with Crippen molar-refractivity contribution in [2.75, 3.05) is 24.5 Å². The Balaban J connectivity index is 1.53.